The maximum Gasteiger partial charge on any atom is 0.320 e. The van der Waals surface area contributed by atoms with E-state index in [-0.39, 0.29) is 18.1 Å². The fourth-order valence-electron chi connectivity index (χ4n) is 7.01. The number of hydrogen-bond donors (Lipinski definition) is 5. The van der Waals surface area contributed by atoms with Crippen molar-refractivity contribution in [2.24, 2.45) is 5.92 Å². The van der Waals surface area contributed by atoms with E-state index in [2.05, 4.69) is 172 Å². The third-order valence-electron chi connectivity index (χ3n) is 11.1. The molecule has 5 atom stereocenters. The van der Waals surface area contributed by atoms with Crippen LogP contribution in [0.2, 0.25) is 0 Å². The zero-order valence-corrected chi connectivity index (χ0v) is 44.9. The van der Waals surface area contributed by atoms with Gasteiger partial charge in [-0.15, -0.1) is 0 Å². The van der Waals surface area contributed by atoms with E-state index in [1.54, 1.807) is 0 Å². The van der Waals surface area contributed by atoms with Gasteiger partial charge < -0.3 is 35.4 Å². The summed E-state index contributed by atoms with van der Waals surface area (Å²) in [5.74, 6) is -1.93. The predicted molar refractivity (Wildman–Crippen MR) is 301 cm³/mol. The molecule has 0 amide bonds. The van der Waals surface area contributed by atoms with Crippen molar-refractivity contribution in [1.82, 2.24) is 10.2 Å². The number of carbonyl (C=O) groups is 4. The molecule has 72 heavy (non-hydrogen) atoms. The lowest BCUT2D eigenvalue weighted by Gasteiger charge is -2.15. The number of ether oxygens (including phenoxy) is 1. The number of aliphatic carboxylic acids is 2. The highest BCUT2D eigenvalue weighted by atomic mass is 16.5. The van der Waals surface area contributed by atoms with Crippen molar-refractivity contribution in [3.63, 3.8) is 0 Å². The molecule has 0 bridgehead atoms. The summed E-state index contributed by atoms with van der Waals surface area (Å²) >= 11 is 0. The van der Waals surface area contributed by atoms with Crippen molar-refractivity contribution in [3.8, 4) is 0 Å². The number of carboxylic acid groups (broad SMARTS) is 2. The zero-order chi connectivity index (χ0) is 53.6. The molecule has 1 aliphatic carbocycles. The van der Waals surface area contributed by atoms with Crippen LogP contribution in [0.25, 0.3) is 0 Å². The Morgan fingerprint density at radius 1 is 0.486 bits per heavy atom. The number of nitrogens with one attached hydrogen (secondary N) is 1. The van der Waals surface area contributed by atoms with E-state index >= 15 is 0 Å². The molecule has 1 heterocycles. The van der Waals surface area contributed by atoms with Crippen molar-refractivity contribution in [1.29, 1.82) is 0 Å². The van der Waals surface area contributed by atoms with Crippen LogP contribution in [0.15, 0.2) is 146 Å². The summed E-state index contributed by atoms with van der Waals surface area (Å²) in [4.78, 5) is 45.7. The summed E-state index contributed by atoms with van der Waals surface area (Å²) in [7, 11) is 0. The van der Waals surface area contributed by atoms with Crippen molar-refractivity contribution in [3.05, 3.63) is 146 Å². The molecule has 5 unspecified atom stereocenters. The van der Waals surface area contributed by atoms with Gasteiger partial charge in [0.1, 0.15) is 17.9 Å². The molecule has 0 aromatic heterocycles. The predicted octanol–water partition coefficient (Wildman–Crippen LogP) is 13.0. The molecule has 404 valence electrons. The van der Waals surface area contributed by atoms with Crippen molar-refractivity contribution in [2.45, 2.75) is 181 Å². The molecular formula is C61H96N2O9. The molecule has 5 N–H and O–H groups in total. The van der Waals surface area contributed by atoms with Crippen LogP contribution in [0.3, 0.4) is 0 Å². The average molecular weight is 1000 g/mol. The number of nitrogens with zero attached hydrogens (tertiary/aromatic N) is 1. The van der Waals surface area contributed by atoms with Crippen LogP contribution in [0.4, 0.5) is 0 Å². The van der Waals surface area contributed by atoms with E-state index in [1.165, 1.54) is 19.6 Å². The van der Waals surface area contributed by atoms with Gasteiger partial charge in [0, 0.05) is 32.2 Å². The largest absolute Gasteiger partial charge is 0.481 e. The maximum absolute atomic E-state index is 12.3. The second-order valence-electron chi connectivity index (χ2n) is 17.1. The third kappa shape index (κ3) is 47.1. The van der Waals surface area contributed by atoms with E-state index in [9.17, 15) is 24.3 Å². The van der Waals surface area contributed by atoms with E-state index in [0.717, 1.165) is 77.0 Å². The lowest BCUT2D eigenvalue weighted by atomic mass is 9.96. The van der Waals surface area contributed by atoms with E-state index in [4.69, 9.17) is 20.1 Å². The fraction of sp³-hybridized carbons (Fsp3) is 0.541. The van der Waals surface area contributed by atoms with Gasteiger partial charge >= 0.3 is 11.9 Å². The Balaban J connectivity index is 0. The Labute approximate surface area is 436 Å². The minimum absolute atomic E-state index is 0.0629. The highest BCUT2D eigenvalue weighted by Crippen LogP contribution is 2.30. The van der Waals surface area contributed by atoms with Gasteiger partial charge in [-0.05, 0) is 116 Å². The second kappa shape index (κ2) is 53.6. The van der Waals surface area contributed by atoms with Gasteiger partial charge in [-0.25, -0.2) is 0 Å². The summed E-state index contributed by atoms with van der Waals surface area (Å²) in [6, 6.07) is -0.542. The molecule has 0 aromatic rings. The number of aliphatic hydroxyl groups is 2. The standard InChI is InChI=1S/C28H40O4.C22H32O2.C6H15N.C5H9NO3/c1-2-3-4-5-6-7-8-9-10-11-12-13-14-15-16-17-18-19-20-21-27(31)26-22-25(30)23-28(26)32-24-29;1-2-3-4-5-6-7-8-9-10-11-12-13-14-15-16-17-18-19-20-21-22(23)24;1-4-7(5-2)6-3;7-3-1-4(5(8)9)6-2-3/h3-4,6-7,9-10,12-13,15-16,18-19,24-26,28,30H,2,5,8,11,14,17,20-23H2,1H3;3-4,6-7,9-10,12-13,15-16,18-19H,2,5,8,11,14,17,20-21H2,1H3,(H,23,24);4-6H2,1-3H3;3-4,6-7H,1-2H2,(H,8,9)/b2*4-3+,7-6+,10-9+,13-12-,16-15+,19-18+;;. The maximum atomic E-state index is 12.3. The quantitative estimate of drug-likeness (QED) is 0.0302. The Kier molecular flexibility index (Phi) is 51.3. The lowest BCUT2D eigenvalue weighted by molar-refractivity contribution is -0.140. The average Bonchev–Trinajstić information content (AvgIpc) is 3.98. The molecule has 0 radical (unpaired) electrons. The summed E-state index contributed by atoms with van der Waals surface area (Å²) in [5.41, 5.74) is 0. The van der Waals surface area contributed by atoms with Crippen LogP contribution >= 0.6 is 0 Å². The molecule has 2 aliphatic rings. The minimum atomic E-state index is -0.883. The van der Waals surface area contributed by atoms with Crippen LogP contribution in [0.5, 0.6) is 0 Å². The lowest BCUT2D eigenvalue weighted by Crippen LogP contribution is -2.29. The SMILES string of the molecule is CC/C=C/C/C=C/C/C=C/C/C=C\C/C=C/C/C=C/CCC(=O)C1CC(O)CC1OC=O.CC/C=C/C/C=C/C/C=C/C/C=C\C/C=C/C/C=C/CCC(=O)O.CCN(CC)CC.O=C(O)C1CC(O)CN1. The number of aliphatic hydroxyl groups excluding tert-OH is 2. The molecule has 1 saturated carbocycles. The number of β-amino-alcohol motifs (C(OH)–C–C–N with tert-alkyl or cyclic N) is 1. The number of Topliss-reactive ketones (excluding diaryl/α,β-unsaturated/α-hetero) is 1. The second-order valence-corrected chi connectivity index (χ2v) is 17.1. The smallest absolute Gasteiger partial charge is 0.320 e. The van der Waals surface area contributed by atoms with Crippen LogP contribution in [0, 0.1) is 5.92 Å². The van der Waals surface area contributed by atoms with Crippen LogP contribution in [-0.2, 0) is 23.9 Å². The molecule has 11 nitrogen and oxygen atoms in total. The van der Waals surface area contributed by atoms with Crippen molar-refractivity contribution < 1.29 is 44.3 Å². The molecule has 0 aromatic carbocycles. The van der Waals surface area contributed by atoms with Gasteiger partial charge in [0.25, 0.3) is 6.47 Å². The van der Waals surface area contributed by atoms with Gasteiger partial charge in [-0.1, -0.05) is 180 Å². The molecule has 1 aliphatic heterocycles. The van der Waals surface area contributed by atoms with Gasteiger partial charge in [-0.3, -0.25) is 19.2 Å². The highest BCUT2D eigenvalue weighted by molar-refractivity contribution is 5.82. The topological polar surface area (TPSA) is 174 Å². The van der Waals surface area contributed by atoms with E-state index < -0.39 is 36.3 Å². The van der Waals surface area contributed by atoms with Gasteiger partial charge in [0.2, 0.25) is 0 Å². The zero-order valence-electron chi connectivity index (χ0n) is 44.9. The normalized spacial score (nSPS) is 19.5. The van der Waals surface area contributed by atoms with E-state index in [1.807, 2.05) is 18.2 Å². The first-order chi connectivity index (χ1) is 35.0. The number of hydrogen-bond acceptors (Lipinski definition) is 9. The van der Waals surface area contributed by atoms with Crippen LogP contribution in [-0.4, -0.2) is 100 Å². The molecular weight excluding hydrogens is 905 g/mol. The number of allylic oxidation sites excluding steroid dienone is 24. The van der Waals surface area contributed by atoms with Crippen LogP contribution in [0.1, 0.15) is 157 Å². The first-order valence-electron chi connectivity index (χ1n) is 26.7. The minimum Gasteiger partial charge on any atom is -0.481 e. The van der Waals surface area contributed by atoms with Gasteiger partial charge in [0.05, 0.1) is 18.1 Å². The monoisotopic (exact) mass is 1000 g/mol. The van der Waals surface area contributed by atoms with Gasteiger partial charge in [-0.2, -0.15) is 0 Å². The number of carbonyl (C=O) groups excluding carboxylic acids is 2. The summed E-state index contributed by atoms with van der Waals surface area (Å²) < 4.78 is 4.95. The number of ketones is 1. The third-order valence-corrected chi connectivity index (χ3v) is 11.1. The fourth-order valence-corrected chi connectivity index (χ4v) is 7.01. The summed E-state index contributed by atoms with van der Waals surface area (Å²) in [5, 5.41) is 38.0. The Bertz CT molecular complexity index is 1710. The van der Waals surface area contributed by atoms with Crippen LogP contribution < -0.4 is 5.32 Å². The molecule has 0 spiro atoms. The Hall–Kier alpha value is -5.20. The van der Waals surface area contributed by atoms with Crippen molar-refractivity contribution in [2.75, 3.05) is 26.2 Å². The number of carboxylic acids is 2. The van der Waals surface area contributed by atoms with E-state index in [0.29, 0.717) is 51.5 Å². The molecule has 2 fully saturated rings. The van der Waals surface area contributed by atoms with Crippen molar-refractivity contribution >= 4 is 24.2 Å². The highest BCUT2D eigenvalue weighted by Gasteiger charge is 2.38. The number of rotatable bonds is 35. The first kappa shape index (κ1) is 68.9. The molecule has 1 saturated heterocycles. The Morgan fingerprint density at radius 2 is 0.833 bits per heavy atom. The summed E-state index contributed by atoms with van der Waals surface area (Å²) in [6.45, 7) is 15.2. The molecule has 11 heteroatoms. The summed E-state index contributed by atoms with van der Waals surface area (Å²) in [6.07, 6.45) is 64.8. The first-order valence-corrected chi connectivity index (χ1v) is 26.7. The molecule has 2 rings (SSSR count). The Morgan fingerprint density at radius 3 is 1.10 bits per heavy atom. The van der Waals surface area contributed by atoms with Gasteiger partial charge in [0.15, 0.2) is 0 Å².